The molecule has 6 nitrogen and oxygen atoms in total. The summed E-state index contributed by atoms with van der Waals surface area (Å²) in [6.07, 6.45) is 2.53. The third kappa shape index (κ3) is 9.84. The first-order valence-corrected chi connectivity index (χ1v) is 13.6. The molecule has 0 saturated carbocycles. The van der Waals surface area contributed by atoms with Crippen molar-refractivity contribution in [3.05, 3.63) is 35.2 Å². The number of benzene rings is 1. The van der Waals surface area contributed by atoms with Gasteiger partial charge in [0.25, 0.3) is 0 Å². The normalized spacial score (nSPS) is 15.3. The summed E-state index contributed by atoms with van der Waals surface area (Å²) in [4.78, 5) is 30.8. The Labute approximate surface area is 219 Å². The van der Waals surface area contributed by atoms with Crippen LogP contribution in [0.3, 0.4) is 0 Å². The Bertz CT molecular complexity index is 924. The molecule has 2 aromatic rings. The number of amides is 2. The van der Waals surface area contributed by atoms with Gasteiger partial charge in [0, 0.05) is 23.6 Å². The van der Waals surface area contributed by atoms with Crippen molar-refractivity contribution in [2.75, 3.05) is 11.9 Å². The molecular weight excluding hydrogens is 482 g/mol. The lowest BCUT2D eigenvalue weighted by atomic mass is 9.85. The number of aromatic nitrogens is 1. The maximum absolute atomic E-state index is 13.5. The van der Waals surface area contributed by atoms with Gasteiger partial charge in [0.2, 0.25) is 11.8 Å². The molecule has 1 saturated heterocycles. The minimum absolute atomic E-state index is 0.215. The number of primary amides is 1. The molecule has 1 aliphatic rings. The molecule has 0 radical (unpaired) electrons. The molecule has 3 rings (SSSR count). The van der Waals surface area contributed by atoms with Crippen LogP contribution >= 0.6 is 11.3 Å². The lowest BCUT2D eigenvalue weighted by Gasteiger charge is -2.35. The summed E-state index contributed by atoms with van der Waals surface area (Å²) in [5, 5.41) is 5.27. The van der Waals surface area contributed by atoms with E-state index in [9.17, 15) is 18.4 Å². The van der Waals surface area contributed by atoms with Crippen molar-refractivity contribution in [3.8, 4) is 11.3 Å². The van der Waals surface area contributed by atoms with E-state index in [4.69, 9.17) is 5.73 Å². The molecular formula is C27H44F2N4O2S. The van der Waals surface area contributed by atoms with Gasteiger partial charge in [0.05, 0.1) is 5.69 Å². The Morgan fingerprint density at radius 3 is 2.14 bits per heavy atom. The highest BCUT2D eigenvalue weighted by Gasteiger charge is 2.40. The molecule has 204 valence electrons. The van der Waals surface area contributed by atoms with Crippen LogP contribution in [-0.4, -0.2) is 40.3 Å². The molecule has 2 heterocycles. The zero-order chi connectivity index (χ0) is 28.1. The molecule has 2 amide bonds. The Morgan fingerprint density at radius 1 is 1.14 bits per heavy atom. The maximum Gasteiger partial charge on any atom is 0.246 e. The number of hydrogen-bond acceptors (Lipinski definition) is 5. The van der Waals surface area contributed by atoms with Crippen molar-refractivity contribution in [1.82, 2.24) is 9.88 Å². The van der Waals surface area contributed by atoms with Crippen molar-refractivity contribution in [3.63, 3.8) is 0 Å². The van der Waals surface area contributed by atoms with E-state index in [1.54, 1.807) is 5.38 Å². The zero-order valence-corrected chi connectivity index (χ0v) is 24.1. The fraction of sp³-hybridized carbons (Fsp3) is 0.593. The summed E-state index contributed by atoms with van der Waals surface area (Å²) in [6, 6.07) is 1.96. The fourth-order valence-corrected chi connectivity index (χ4v) is 4.19. The number of nitrogens with two attached hydrogens (primary N) is 1. The molecule has 9 heteroatoms. The van der Waals surface area contributed by atoms with Gasteiger partial charge in [-0.15, -0.1) is 11.3 Å². The van der Waals surface area contributed by atoms with Gasteiger partial charge in [-0.05, 0) is 30.4 Å². The number of rotatable bonds is 5. The summed E-state index contributed by atoms with van der Waals surface area (Å²) < 4.78 is 27.0. The van der Waals surface area contributed by atoms with Crippen molar-refractivity contribution < 1.29 is 18.4 Å². The van der Waals surface area contributed by atoms with Crippen LogP contribution in [0.1, 0.15) is 81.6 Å². The van der Waals surface area contributed by atoms with Crippen LogP contribution in [0.25, 0.3) is 11.3 Å². The second-order valence-electron chi connectivity index (χ2n) is 8.94. The van der Waals surface area contributed by atoms with E-state index in [1.165, 1.54) is 34.8 Å². The molecule has 1 aromatic carbocycles. The molecule has 1 aliphatic heterocycles. The average molecular weight is 527 g/mol. The van der Waals surface area contributed by atoms with Gasteiger partial charge < -0.3 is 16.0 Å². The van der Waals surface area contributed by atoms with E-state index < -0.39 is 35.0 Å². The largest absolute Gasteiger partial charge is 0.368 e. The van der Waals surface area contributed by atoms with Gasteiger partial charge in [0.15, 0.2) is 5.13 Å². The number of nitrogens with zero attached hydrogens (tertiary/aromatic N) is 2. The molecule has 1 aromatic heterocycles. The first-order valence-electron chi connectivity index (χ1n) is 12.8. The molecule has 0 spiro atoms. The third-order valence-corrected chi connectivity index (χ3v) is 5.68. The quantitative estimate of drug-likeness (QED) is 0.445. The first kappa shape index (κ1) is 33.4. The van der Waals surface area contributed by atoms with Gasteiger partial charge >= 0.3 is 0 Å². The summed E-state index contributed by atoms with van der Waals surface area (Å²) in [7, 11) is 0. The highest BCUT2D eigenvalue weighted by atomic mass is 32.1. The Kier molecular flexibility index (Phi) is 15.1. The predicted octanol–water partition coefficient (Wildman–Crippen LogP) is 6.86. The van der Waals surface area contributed by atoms with Crippen molar-refractivity contribution >= 4 is 28.3 Å². The van der Waals surface area contributed by atoms with Crippen molar-refractivity contribution in [2.45, 2.75) is 93.7 Å². The summed E-state index contributed by atoms with van der Waals surface area (Å²) in [6.45, 7) is 18.5. The number of anilines is 1. The predicted molar refractivity (Wildman–Crippen MR) is 147 cm³/mol. The highest BCUT2D eigenvalue weighted by molar-refractivity contribution is 7.14. The van der Waals surface area contributed by atoms with E-state index in [0.717, 1.165) is 12.5 Å². The number of likely N-dealkylation sites (tertiary alicyclic amines) is 1. The van der Waals surface area contributed by atoms with Crippen LogP contribution in [0.2, 0.25) is 0 Å². The standard InChI is InChI=1S/C20H24F2N4O2S.C3H8.2C2H6/c1-20(2,3)16(18(28)26-6-4-5-15(26)17(23)27)25-19-24-14(10-29-19)11-7-12(21)9-13(22)8-11;1-3-2;2*1-2/h7-10,15-16H,4-6H2,1-3H3,(H2,23,27)(H,24,25);3H2,1-2H3;2*1-2H3/t15-,16+;;;/m0.../s1. The molecule has 1 fully saturated rings. The zero-order valence-electron chi connectivity index (χ0n) is 23.2. The van der Waals surface area contributed by atoms with Crippen LogP contribution < -0.4 is 11.1 Å². The average Bonchev–Trinajstić information content (AvgIpc) is 3.49. The number of nitrogens with one attached hydrogen (secondary N) is 1. The number of carbonyl (C=O) groups excluding carboxylic acids is 2. The van der Waals surface area contributed by atoms with Gasteiger partial charge in [0.1, 0.15) is 23.7 Å². The van der Waals surface area contributed by atoms with Crippen molar-refractivity contribution in [1.29, 1.82) is 0 Å². The van der Waals surface area contributed by atoms with Gasteiger partial charge in [-0.2, -0.15) is 0 Å². The number of carbonyl (C=O) groups is 2. The lowest BCUT2D eigenvalue weighted by Crippen LogP contribution is -2.53. The van der Waals surface area contributed by atoms with E-state index in [1.807, 2.05) is 48.5 Å². The minimum atomic E-state index is -0.684. The second kappa shape index (κ2) is 16.2. The first-order chi connectivity index (χ1) is 17.0. The maximum atomic E-state index is 13.5. The van der Waals surface area contributed by atoms with Crippen LogP contribution in [0, 0.1) is 17.0 Å². The second-order valence-corrected chi connectivity index (χ2v) is 9.80. The SMILES string of the molecule is CC.CC.CC(C)(C)[C@H](Nc1nc(-c2cc(F)cc(F)c2)cs1)C(=O)N1CCC[C@H]1C(N)=O.CCC. The minimum Gasteiger partial charge on any atom is -0.368 e. The van der Waals surface area contributed by atoms with Gasteiger partial charge in [-0.3, -0.25) is 9.59 Å². The van der Waals surface area contributed by atoms with Gasteiger partial charge in [-0.25, -0.2) is 13.8 Å². The van der Waals surface area contributed by atoms with Crippen molar-refractivity contribution in [2.24, 2.45) is 11.1 Å². The van der Waals surface area contributed by atoms with E-state index in [2.05, 4.69) is 24.1 Å². The summed E-state index contributed by atoms with van der Waals surface area (Å²) in [5.74, 6) is -2.09. The van der Waals surface area contributed by atoms with Crippen LogP contribution in [0.5, 0.6) is 0 Å². The smallest absolute Gasteiger partial charge is 0.246 e. The van der Waals surface area contributed by atoms with E-state index in [-0.39, 0.29) is 5.91 Å². The Morgan fingerprint density at radius 2 is 1.67 bits per heavy atom. The van der Waals surface area contributed by atoms with Crippen LogP contribution in [0.4, 0.5) is 13.9 Å². The molecule has 36 heavy (non-hydrogen) atoms. The van der Waals surface area contributed by atoms with E-state index >= 15 is 0 Å². The van der Waals surface area contributed by atoms with Crippen LogP contribution in [0.15, 0.2) is 23.6 Å². The van der Waals surface area contributed by atoms with E-state index in [0.29, 0.717) is 29.4 Å². The number of hydrogen-bond donors (Lipinski definition) is 2. The molecule has 3 N–H and O–H groups in total. The van der Waals surface area contributed by atoms with Gasteiger partial charge in [-0.1, -0.05) is 68.7 Å². The third-order valence-electron chi connectivity index (χ3n) is 4.91. The summed E-state index contributed by atoms with van der Waals surface area (Å²) in [5.41, 5.74) is 5.71. The molecule has 0 bridgehead atoms. The summed E-state index contributed by atoms with van der Waals surface area (Å²) >= 11 is 1.24. The molecule has 0 aliphatic carbocycles. The Balaban J connectivity index is 0.00000159. The monoisotopic (exact) mass is 526 g/mol. The molecule has 0 unspecified atom stereocenters. The Hall–Kier alpha value is -2.55. The number of thiazole rings is 1. The molecule has 2 atom stereocenters. The highest BCUT2D eigenvalue weighted by Crippen LogP contribution is 2.31. The fourth-order valence-electron chi connectivity index (χ4n) is 3.44. The number of halogens is 2. The topological polar surface area (TPSA) is 88.3 Å². The lowest BCUT2D eigenvalue weighted by molar-refractivity contribution is -0.139. The van der Waals surface area contributed by atoms with Crippen LogP contribution in [-0.2, 0) is 9.59 Å².